The third kappa shape index (κ3) is 4.54. The molecule has 2 aromatic rings. The van der Waals surface area contributed by atoms with E-state index in [9.17, 15) is 14.4 Å². The number of ether oxygens (including phenoxy) is 1. The fraction of sp³-hybridized carbons (Fsp3) is 0.286. The average molecular weight is 398 g/mol. The van der Waals surface area contributed by atoms with Crippen molar-refractivity contribution in [3.8, 4) is 0 Å². The van der Waals surface area contributed by atoms with Crippen molar-refractivity contribution in [1.82, 2.24) is 0 Å². The van der Waals surface area contributed by atoms with Crippen molar-refractivity contribution in [3.63, 3.8) is 0 Å². The Labute approximate surface area is 168 Å². The first kappa shape index (κ1) is 19.9. The lowest BCUT2D eigenvalue weighted by Crippen LogP contribution is -2.38. The second-order valence-corrected chi connectivity index (χ2v) is 7.97. The first-order valence-corrected chi connectivity index (χ1v) is 9.91. The SMILES string of the molecule is COC(=O)c1ccccc1NC(=O)CCC(=O)N1C[C@H](C)Sc2ccccc21. The summed E-state index contributed by atoms with van der Waals surface area (Å²) in [5, 5.41) is 2.99. The Morgan fingerprint density at radius 2 is 1.82 bits per heavy atom. The predicted octanol–water partition coefficient (Wildman–Crippen LogP) is 3.72. The molecule has 0 fully saturated rings. The topological polar surface area (TPSA) is 75.7 Å². The smallest absolute Gasteiger partial charge is 0.339 e. The molecule has 2 amide bonds. The summed E-state index contributed by atoms with van der Waals surface area (Å²) in [4.78, 5) is 39.7. The molecule has 2 aromatic carbocycles. The summed E-state index contributed by atoms with van der Waals surface area (Å²) < 4.78 is 4.73. The van der Waals surface area contributed by atoms with Crippen LogP contribution in [0.3, 0.4) is 0 Å². The number of benzene rings is 2. The number of nitrogens with zero attached hydrogens (tertiary/aromatic N) is 1. The van der Waals surface area contributed by atoms with Gasteiger partial charge in [0.25, 0.3) is 0 Å². The first-order valence-electron chi connectivity index (χ1n) is 9.03. The summed E-state index contributed by atoms with van der Waals surface area (Å²) in [6.07, 6.45) is 0.131. The van der Waals surface area contributed by atoms with Gasteiger partial charge in [0.15, 0.2) is 0 Å². The highest BCUT2D eigenvalue weighted by molar-refractivity contribution is 8.00. The molecule has 0 bridgehead atoms. The van der Waals surface area contributed by atoms with Gasteiger partial charge in [-0.15, -0.1) is 11.8 Å². The maximum atomic E-state index is 12.7. The van der Waals surface area contributed by atoms with Crippen LogP contribution in [0.1, 0.15) is 30.1 Å². The monoisotopic (exact) mass is 398 g/mol. The molecule has 0 saturated heterocycles. The molecule has 0 aromatic heterocycles. The van der Waals surface area contributed by atoms with Crippen LogP contribution in [0.15, 0.2) is 53.4 Å². The number of nitrogens with one attached hydrogen (secondary N) is 1. The molecular weight excluding hydrogens is 376 g/mol. The molecule has 1 aliphatic rings. The number of anilines is 2. The predicted molar refractivity (Wildman–Crippen MR) is 110 cm³/mol. The van der Waals surface area contributed by atoms with Crippen LogP contribution < -0.4 is 10.2 Å². The van der Waals surface area contributed by atoms with Crippen LogP contribution in [0, 0.1) is 0 Å². The minimum absolute atomic E-state index is 0.0362. The molecule has 3 rings (SSSR count). The summed E-state index contributed by atoms with van der Waals surface area (Å²) in [6.45, 7) is 2.70. The van der Waals surface area contributed by atoms with E-state index in [0.29, 0.717) is 17.5 Å². The van der Waals surface area contributed by atoms with Crippen LogP contribution in [0.25, 0.3) is 0 Å². The normalized spacial score (nSPS) is 15.5. The Hall–Kier alpha value is -2.80. The minimum atomic E-state index is -0.525. The van der Waals surface area contributed by atoms with Gasteiger partial charge in [-0.05, 0) is 24.3 Å². The zero-order chi connectivity index (χ0) is 20.1. The summed E-state index contributed by atoms with van der Waals surface area (Å²) >= 11 is 1.75. The minimum Gasteiger partial charge on any atom is -0.465 e. The number of hydrogen-bond donors (Lipinski definition) is 1. The highest BCUT2D eigenvalue weighted by Gasteiger charge is 2.26. The van der Waals surface area contributed by atoms with Gasteiger partial charge < -0.3 is 15.0 Å². The van der Waals surface area contributed by atoms with E-state index in [-0.39, 0.29) is 30.2 Å². The summed E-state index contributed by atoms with van der Waals surface area (Å²) in [7, 11) is 1.29. The lowest BCUT2D eigenvalue weighted by atomic mass is 10.1. The maximum absolute atomic E-state index is 12.7. The molecule has 1 N–H and O–H groups in total. The van der Waals surface area contributed by atoms with Crippen LogP contribution in [-0.2, 0) is 14.3 Å². The Morgan fingerprint density at radius 3 is 2.61 bits per heavy atom. The molecule has 146 valence electrons. The molecule has 28 heavy (non-hydrogen) atoms. The Bertz CT molecular complexity index is 899. The highest BCUT2D eigenvalue weighted by atomic mass is 32.2. The number of esters is 1. The van der Waals surface area contributed by atoms with Crippen LogP contribution in [0.5, 0.6) is 0 Å². The Kier molecular flexibility index (Phi) is 6.36. The second-order valence-electron chi connectivity index (χ2n) is 6.49. The zero-order valence-corrected chi connectivity index (χ0v) is 16.6. The van der Waals surface area contributed by atoms with Crippen molar-refractivity contribution in [2.75, 3.05) is 23.9 Å². The molecule has 0 aliphatic carbocycles. The third-order valence-electron chi connectivity index (χ3n) is 4.40. The van der Waals surface area contributed by atoms with Crippen molar-refractivity contribution in [2.45, 2.75) is 29.9 Å². The number of methoxy groups -OCH3 is 1. The Balaban J connectivity index is 1.63. The zero-order valence-electron chi connectivity index (χ0n) is 15.8. The molecule has 1 heterocycles. The van der Waals surface area contributed by atoms with E-state index in [0.717, 1.165) is 10.6 Å². The van der Waals surface area contributed by atoms with E-state index in [4.69, 9.17) is 4.74 Å². The standard InChI is InChI=1S/C21H22N2O4S/c1-14-13-23(17-9-5-6-10-18(17)28-14)20(25)12-11-19(24)22-16-8-4-3-7-15(16)21(26)27-2/h3-10,14H,11-13H2,1-2H3,(H,22,24)/t14-/m0/s1. The second kappa shape index (κ2) is 8.93. The van der Waals surface area contributed by atoms with Crippen molar-refractivity contribution in [1.29, 1.82) is 0 Å². The lowest BCUT2D eigenvalue weighted by Gasteiger charge is -2.32. The first-order chi connectivity index (χ1) is 13.5. The van der Waals surface area contributed by atoms with Crippen LogP contribution in [-0.4, -0.2) is 36.7 Å². The molecule has 7 heteroatoms. The van der Waals surface area contributed by atoms with Crippen LogP contribution >= 0.6 is 11.8 Å². The van der Waals surface area contributed by atoms with E-state index >= 15 is 0 Å². The maximum Gasteiger partial charge on any atom is 0.339 e. The summed E-state index contributed by atoms with van der Waals surface area (Å²) in [6, 6.07) is 14.4. The number of carbonyl (C=O) groups is 3. The number of para-hydroxylation sites is 2. The molecule has 1 atom stereocenters. The van der Waals surface area contributed by atoms with E-state index in [1.807, 2.05) is 24.3 Å². The van der Waals surface area contributed by atoms with E-state index in [1.54, 1.807) is 40.9 Å². The largest absolute Gasteiger partial charge is 0.465 e. The number of fused-ring (bicyclic) bond motifs is 1. The number of amides is 2. The number of rotatable bonds is 5. The van der Waals surface area contributed by atoms with Gasteiger partial charge in [0.1, 0.15) is 0 Å². The van der Waals surface area contributed by atoms with Crippen molar-refractivity contribution >= 4 is 40.9 Å². The van der Waals surface area contributed by atoms with Gasteiger partial charge in [-0.2, -0.15) is 0 Å². The van der Waals surface area contributed by atoms with Gasteiger partial charge in [0.05, 0.1) is 24.0 Å². The van der Waals surface area contributed by atoms with Crippen LogP contribution in [0.2, 0.25) is 0 Å². The van der Waals surface area contributed by atoms with E-state index in [1.165, 1.54) is 7.11 Å². The molecular formula is C21H22N2O4S. The van der Waals surface area contributed by atoms with Gasteiger partial charge in [-0.25, -0.2) is 4.79 Å². The molecule has 0 radical (unpaired) electrons. The number of carbonyl (C=O) groups excluding carboxylic acids is 3. The Morgan fingerprint density at radius 1 is 1.11 bits per heavy atom. The average Bonchev–Trinajstić information content (AvgIpc) is 2.71. The van der Waals surface area contributed by atoms with Gasteiger partial charge >= 0.3 is 5.97 Å². The van der Waals surface area contributed by atoms with Crippen molar-refractivity contribution in [3.05, 3.63) is 54.1 Å². The van der Waals surface area contributed by atoms with Gasteiger partial charge in [0, 0.05) is 29.5 Å². The molecule has 1 aliphatic heterocycles. The quantitative estimate of drug-likeness (QED) is 0.777. The summed E-state index contributed by atoms with van der Waals surface area (Å²) in [5.74, 6) is -0.934. The van der Waals surface area contributed by atoms with Crippen LogP contribution in [0.4, 0.5) is 11.4 Å². The molecule has 0 spiro atoms. The van der Waals surface area contributed by atoms with Gasteiger partial charge in [-0.1, -0.05) is 31.2 Å². The molecule has 0 unspecified atom stereocenters. The molecule has 6 nitrogen and oxygen atoms in total. The van der Waals surface area contributed by atoms with E-state index in [2.05, 4.69) is 12.2 Å². The number of hydrogen-bond acceptors (Lipinski definition) is 5. The number of thioether (sulfide) groups is 1. The molecule has 0 saturated carbocycles. The lowest BCUT2D eigenvalue weighted by molar-refractivity contribution is -0.122. The van der Waals surface area contributed by atoms with Gasteiger partial charge in [0.2, 0.25) is 11.8 Å². The summed E-state index contributed by atoms with van der Waals surface area (Å²) in [5.41, 5.74) is 1.55. The fourth-order valence-corrected chi connectivity index (χ4v) is 4.19. The third-order valence-corrected chi connectivity index (χ3v) is 5.55. The van der Waals surface area contributed by atoms with E-state index < -0.39 is 5.97 Å². The van der Waals surface area contributed by atoms with Gasteiger partial charge in [-0.3, -0.25) is 9.59 Å². The van der Waals surface area contributed by atoms with Crippen molar-refractivity contribution < 1.29 is 19.1 Å². The fourth-order valence-electron chi connectivity index (χ4n) is 3.07. The van der Waals surface area contributed by atoms with Crippen molar-refractivity contribution in [2.24, 2.45) is 0 Å². The highest BCUT2D eigenvalue weighted by Crippen LogP contribution is 2.38.